The zero-order chi connectivity index (χ0) is 28.1. The van der Waals surface area contributed by atoms with Crippen LogP contribution in [0.5, 0.6) is 5.75 Å². The molecular formula is C28H30N8O3S. The average molecular weight is 559 g/mol. The molecule has 0 unspecified atom stereocenters. The molecule has 0 aliphatic heterocycles. The predicted molar refractivity (Wildman–Crippen MR) is 157 cm³/mol. The Morgan fingerprint density at radius 1 is 0.875 bits per heavy atom. The van der Waals surface area contributed by atoms with Gasteiger partial charge in [-0.1, -0.05) is 30.3 Å². The number of hydrogen-bond donors (Lipinski definition) is 4. The number of ether oxygens (including phenoxy) is 1. The minimum absolute atomic E-state index is 0.213. The molecule has 0 saturated carbocycles. The second-order valence-electron chi connectivity index (χ2n) is 9.27. The molecule has 5 rings (SSSR count). The monoisotopic (exact) mass is 558 g/mol. The molecule has 0 aliphatic rings. The highest BCUT2D eigenvalue weighted by molar-refractivity contribution is 7.88. The first-order chi connectivity index (χ1) is 19.3. The Hall–Kier alpha value is -4.68. The number of anilines is 4. The molecule has 5 N–H and O–H groups in total. The van der Waals surface area contributed by atoms with Gasteiger partial charge in [0.25, 0.3) is 0 Å². The van der Waals surface area contributed by atoms with E-state index in [0.29, 0.717) is 30.4 Å². The normalized spacial score (nSPS) is 11.4. The van der Waals surface area contributed by atoms with Gasteiger partial charge in [0.15, 0.2) is 0 Å². The Morgan fingerprint density at radius 3 is 2.30 bits per heavy atom. The van der Waals surface area contributed by atoms with Gasteiger partial charge in [0, 0.05) is 32.0 Å². The molecule has 11 nitrogen and oxygen atoms in total. The molecule has 0 aliphatic carbocycles. The van der Waals surface area contributed by atoms with E-state index < -0.39 is 10.0 Å². The molecule has 12 heteroatoms. The summed E-state index contributed by atoms with van der Waals surface area (Å²) in [6.45, 7) is 1.21. The summed E-state index contributed by atoms with van der Waals surface area (Å²) in [4.78, 5) is 13.6. The third-order valence-corrected chi connectivity index (χ3v) is 7.00. The maximum Gasteiger partial charge on any atom is 0.229 e. The number of methoxy groups -OCH3 is 1. The molecule has 206 valence electrons. The predicted octanol–water partition coefficient (Wildman–Crippen LogP) is 4.13. The standard InChI is InChI=1S/C28H30N8O3S/c1-36-25-12-7-21(15-24(25)34-28(36)32-16-19-5-10-23(39-2)11-6-19)17-31-26-13-14-30-27(35-26)33-22-8-3-20(4-9-22)18-40(29,37)38/h3-15H,16-18H2,1-2H3,(H,32,34)(H2,29,37,38)(H2,30,31,33,35). The van der Waals surface area contributed by atoms with E-state index in [1.807, 2.05) is 35.9 Å². The van der Waals surface area contributed by atoms with Gasteiger partial charge in [0.05, 0.1) is 23.9 Å². The molecule has 0 spiro atoms. The number of benzene rings is 3. The number of aryl methyl sites for hydroxylation is 1. The first kappa shape index (κ1) is 26.9. The maximum absolute atomic E-state index is 11.3. The Kier molecular flexibility index (Phi) is 7.80. The van der Waals surface area contributed by atoms with Crippen molar-refractivity contribution in [2.24, 2.45) is 12.2 Å². The Balaban J connectivity index is 1.20. The number of imidazole rings is 1. The Bertz CT molecular complexity index is 1720. The van der Waals surface area contributed by atoms with Crippen LogP contribution >= 0.6 is 0 Å². The molecule has 2 heterocycles. The number of nitrogens with two attached hydrogens (primary N) is 1. The molecule has 0 amide bonds. The highest BCUT2D eigenvalue weighted by Crippen LogP contribution is 2.22. The van der Waals surface area contributed by atoms with Crippen LogP contribution in [0.2, 0.25) is 0 Å². The summed E-state index contributed by atoms with van der Waals surface area (Å²) in [6, 6.07) is 22.8. The van der Waals surface area contributed by atoms with Crippen LogP contribution in [-0.2, 0) is 35.9 Å². The van der Waals surface area contributed by atoms with Gasteiger partial charge in [-0.2, -0.15) is 4.98 Å². The number of nitrogens with zero attached hydrogens (tertiary/aromatic N) is 4. The van der Waals surface area contributed by atoms with E-state index in [1.165, 1.54) is 0 Å². The summed E-state index contributed by atoms with van der Waals surface area (Å²) < 4.78 is 29.8. The van der Waals surface area contributed by atoms with Gasteiger partial charge in [-0.3, -0.25) is 0 Å². The van der Waals surface area contributed by atoms with Gasteiger partial charge in [-0.05, 0) is 59.2 Å². The van der Waals surface area contributed by atoms with Crippen LogP contribution < -0.4 is 25.8 Å². The zero-order valence-electron chi connectivity index (χ0n) is 22.1. The van der Waals surface area contributed by atoms with Gasteiger partial charge >= 0.3 is 0 Å². The van der Waals surface area contributed by atoms with Crippen LogP contribution in [-0.4, -0.2) is 35.0 Å². The fourth-order valence-electron chi connectivity index (χ4n) is 4.19. The highest BCUT2D eigenvalue weighted by Gasteiger charge is 2.09. The van der Waals surface area contributed by atoms with Crippen LogP contribution in [0.3, 0.4) is 0 Å². The highest BCUT2D eigenvalue weighted by atomic mass is 32.2. The van der Waals surface area contributed by atoms with Crippen molar-refractivity contribution in [3.8, 4) is 5.75 Å². The van der Waals surface area contributed by atoms with E-state index in [4.69, 9.17) is 14.9 Å². The molecule has 0 bridgehead atoms. The van der Waals surface area contributed by atoms with Gasteiger partial charge < -0.3 is 25.3 Å². The minimum atomic E-state index is -3.58. The third-order valence-electron chi connectivity index (χ3n) is 6.26. The lowest BCUT2D eigenvalue weighted by Gasteiger charge is -2.09. The van der Waals surface area contributed by atoms with Crippen LogP contribution in [0.4, 0.5) is 23.4 Å². The summed E-state index contributed by atoms with van der Waals surface area (Å²) in [5.74, 6) is 2.48. The van der Waals surface area contributed by atoms with E-state index in [1.54, 1.807) is 43.6 Å². The van der Waals surface area contributed by atoms with Gasteiger partial charge in [0.2, 0.25) is 21.9 Å². The maximum atomic E-state index is 11.3. The van der Waals surface area contributed by atoms with Gasteiger partial charge in [-0.25, -0.2) is 23.5 Å². The lowest BCUT2D eigenvalue weighted by molar-refractivity contribution is 0.414. The number of nitrogens with one attached hydrogen (secondary N) is 3. The molecule has 5 aromatic rings. The number of rotatable bonds is 11. The lowest BCUT2D eigenvalue weighted by atomic mass is 10.2. The van der Waals surface area contributed by atoms with Crippen molar-refractivity contribution in [3.05, 3.63) is 95.7 Å². The van der Waals surface area contributed by atoms with Crippen molar-refractivity contribution in [2.45, 2.75) is 18.8 Å². The minimum Gasteiger partial charge on any atom is -0.497 e. The molecule has 0 atom stereocenters. The van der Waals surface area contributed by atoms with E-state index in [-0.39, 0.29) is 5.75 Å². The zero-order valence-corrected chi connectivity index (χ0v) is 22.9. The molecular weight excluding hydrogens is 528 g/mol. The fourth-order valence-corrected chi connectivity index (χ4v) is 4.85. The van der Waals surface area contributed by atoms with Crippen molar-refractivity contribution in [1.82, 2.24) is 19.5 Å². The lowest BCUT2D eigenvalue weighted by Crippen LogP contribution is -2.14. The van der Waals surface area contributed by atoms with E-state index >= 15 is 0 Å². The number of fused-ring (bicyclic) bond motifs is 1. The SMILES string of the molecule is COc1ccc(CNc2nc3cc(CNc4ccnc(Nc5ccc(CS(N)(=O)=O)cc5)n4)ccc3n2C)cc1. The summed E-state index contributed by atoms with van der Waals surface area (Å²) in [5, 5.41) is 15.0. The topological polar surface area (TPSA) is 149 Å². The molecule has 40 heavy (non-hydrogen) atoms. The summed E-state index contributed by atoms with van der Waals surface area (Å²) in [6.07, 6.45) is 1.66. The Morgan fingerprint density at radius 2 is 1.57 bits per heavy atom. The number of aromatic nitrogens is 4. The molecule has 0 radical (unpaired) electrons. The number of primary sulfonamides is 1. The smallest absolute Gasteiger partial charge is 0.229 e. The summed E-state index contributed by atoms with van der Waals surface area (Å²) in [5.41, 5.74) is 5.46. The largest absolute Gasteiger partial charge is 0.497 e. The first-order valence-electron chi connectivity index (χ1n) is 12.5. The van der Waals surface area contributed by atoms with Crippen molar-refractivity contribution in [3.63, 3.8) is 0 Å². The Labute approximate surface area is 232 Å². The quantitative estimate of drug-likeness (QED) is 0.188. The second kappa shape index (κ2) is 11.6. The van der Waals surface area contributed by atoms with Gasteiger partial charge in [0.1, 0.15) is 11.6 Å². The molecule has 3 aromatic carbocycles. The van der Waals surface area contributed by atoms with Crippen LogP contribution in [0.25, 0.3) is 11.0 Å². The van der Waals surface area contributed by atoms with Crippen molar-refractivity contribution in [2.75, 3.05) is 23.1 Å². The van der Waals surface area contributed by atoms with E-state index in [9.17, 15) is 8.42 Å². The van der Waals surface area contributed by atoms with Crippen LogP contribution in [0, 0.1) is 0 Å². The third kappa shape index (κ3) is 6.84. The summed E-state index contributed by atoms with van der Waals surface area (Å²) in [7, 11) is 0.0718. The fraction of sp³-hybridized carbons (Fsp3) is 0.179. The van der Waals surface area contributed by atoms with Gasteiger partial charge in [-0.15, -0.1) is 0 Å². The molecule has 0 saturated heterocycles. The molecule has 0 fully saturated rings. The number of hydrogen-bond acceptors (Lipinski definition) is 9. The van der Waals surface area contributed by atoms with Crippen LogP contribution in [0.15, 0.2) is 79.0 Å². The molecule has 2 aromatic heterocycles. The van der Waals surface area contributed by atoms with E-state index in [2.05, 4.69) is 44.1 Å². The van der Waals surface area contributed by atoms with Crippen LogP contribution in [0.1, 0.15) is 16.7 Å². The first-order valence-corrected chi connectivity index (χ1v) is 14.2. The van der Waals surface area contributed by atoms with E-state index in [0.717, 1.165) is 39.5 Å². The number of sulfonamides is 1. The van der Waals surface area contributed by atoms with Crippen molar-refractivity contribution >= 4 is 44.5 Å². The average Bonchev–Trinajstić information content (AvgIpc) is 3.26. The van der Waals surface area contributed by atoms with Crippen molar-refractivity contribution in [1.29, 1.82) is 0 Å². The summed E-state index contributed by atoms with van der Waals surface area (Å²) >= 11 is 0. The van der Waals surface area contributed by atoms with Crippen molar-refractivity contribution < 1.29 is 13.2 Å². The second-order valence-corrected chi connectivity index (χ2v) is 10.9.